The van der Waals surface area contributed by atoms with Gasteiger partial charge in [-0.15, -0.1) is 0 Å². The topological polar surface area (TPSA) is 111 Å². The number of aliphatic hydroxyl groups is 3. The Morgan fingerprint density at radius 1 is 1.09 bits per heavy atom. The monoisotopic (exact) mass is 460 g/mol. The summed E-state index contributed by atoms with van der Waals surface area (Å²) in [5.74, 6) is -0.126. The first kappa shape index (κ1) is 27.2. The Labute approximate surface area is 197 Å². The van der Waals surface area contributed by atoms with Crippen molar-refractivity contribution in [1.82, 2.24) is 10.6 Å². The highest BCUT2D eigenvalue weighted by atomic mass is 16.5. The molecule has 5 N–H and O–H groups in total. The normalized spacial score (nSPS) is 18.9. The fourth-order valence-corrected chi connectivity index (χ4v) is 3.95. The van der Waals surface area contributed by atoms with Crippen LogP contribution in [0.25, 0.3) is 0 Å². The van der Waals surface area contributed by atoms with E-state index in [4.69, 9.17) is 4.74 Å². The van der Waals surface area contributed by atoms with Crippen LogP contribution in [0, 0.1) is 5.92 Å². The maximum atomic E-state index is 12.4. The van der Waals surface area contributed by atoms with Crippen molar-refractivity contribution in [3.8, 4) is 0 Å². The Morgan fingerprint density at radius 2 is 1.79 bits per heavy atom. The van der Waals surface area contributed by atoms with E-state index in [0.29, 0.717) is 6.54 Å². The molecule has 184 valence electrons. The van der Waals surface area contributed by atoms with Gasteiger partial charge in [-0.25, -0.2) is 0 Å². The highest BCUT2D eigenvalue weighted by Gasteiger charge is 2.25. The second-order valence-electron chi connectivity index (χ2n) is 8.58. The van der Waals surface area contributed by atoms with E-state index in [1.54, 1.807) is 18.2 Å². The lowest BCUT2D eigenvalue weighted by atomic mass is 9.88. The predicted molar refractivity (Wildman–Crippen MR) is 129 cm³/mol. The summed E-state index contributed by atoms with van der Waals surface area (Å²) in [6.07, 6.45) is 9.98. The number of ether oxygens (including phenoxy) is 1. The highest BCUT2D eigenvalue weighted by molar-refractivity contribution is 5.79. The van der Waals surface area contributed by atoms with Crippen LogP contribution in [-0.4, -0.2) is 65.3 Å². The van der Waals surface area contributed by atoms with Crippen LogP contribution >= 0.6 is 0 Å². The lowest BCUT2D eigenvalue weighted by Gasteiger charge is -2.25. The maximum Gasteiger partial charge on any atom is 0.223 e. The maximum absolute atomic E-state index is 12.4. The van der Waals surface area contributed by atoms with E-state index in [9.17, 15) is 20.1 Å². The van der Waals surface area contributed by atoms with Gasteiger partial charge in [-0.1, -0.05) is 73.9 Å². The van der Waals surface area contributed by atoms with Gasteiger partial charge in [-0.3, -0.25) is 4.79 Å². The molecule has 1 aromatic rings. The summed E-state index contributed by atoms with van der Waals surface area (Å²) in [5, 5.41) is 36.4. The van der Waals surface area contributed by atoms with Gasteiger partial charge in [0.2, 0.25) is 5.91 Å². The number of amides is 1. The fraction of sp³-hybridized carbons (Fsp3) is 0.577. The Balaban J connectivity index is 1.77. The first-order chi connectivity index (χ1) is 16.0. The summed E-state index contributed by atoms with van der Waals surface area (Å²) < 4.78 is 5.69. The molecule has 0 spiro atoms. The number of benzene rings is 1. The number of hydrogen-bond acceptors (Lipinski definition) is 6. The van der Waals surface area contributed by atoms with E-state index < -0.39 is 18.2 Å². The minimum atomic E-state index is -1.01. The Bertz CT molecular complexity index is 719. The van der Waals surface area contributed by atoms with Crippen LogP contribution in [0.2, 0.25) is 0 Å². The molecular weight excluding hydrogens is 420 g/mol. The van der Waals surface area contributed by atoms with Crippen molar-refractivity contribution in [3.63, 3.8) is 0 Å². The van der Waals surface area contributed by atoms with E-state index in [1.165, 1.54) is 6.08 Å². The first-order valence-corrected chi connectivity index (χ1v) is 12.0. The van der Waals surface area contributed by atoms with Gasteiger partial charge in [0.15, 0.2) is 0 Å². The molecular formula is C26H40N2O5. The standard InChI is InChI=1S/C26H40N2O5/c1-2-10-24(30)23(27-17-20-11-5-3-6-12-20)19-33-16-9-15-25(31)22(18-29)28-26(32)21-13-7-4-8-14-21/h2-3,5-6,9-12,15,21-25,27,29-31H,4,7-8,13-14,16-19H2,1H3,(H,28,32). The van der Waals surface area contributed by atoms with Crippen LogP contribution in [0.15, 0.2) is 54.6 Å². The van der Waals surface area contributed by atoms with Gasteiger partial charge >= 0.3 is 0 Å². The third-order valence-corrected chi connectivity index (χ3v) is 5.97. The number of nitrogens with one attached hydrogen (secondary N) is 2. The van der Waals surface area contributed by atoms with E-state index in [1.807, 2.05) is 37.3 Å². The minimum absolute atomic E-state index is 0.0313. The molecule has 33 heavy (non-hydrogen) atoms. The van der Waals surface area contributed by atoms with Crippen LogP contribution in [0.4, 0.5) is 0 Å². The van der Waals surface area contributed by atoms with Gasteiger partial charge in [-0.2, -0.15) is 0 Å². The molecule has 1 aliphatic carbocycles. The molecule has 7 nitrogen and oxygen atoms in total. The Kier molecular flexibility index (Phi) is 13.0. The molecule has 0 heterocycles. The largest absolute Gasteiger partial charge is 0.394 e. The van der Waals surface area contributed by atoms with Crippen molar-refractivity contribution >= 4 is 5.91 Å². The molecule has 0 aromatic heterocycles. The summed E-state index contributed by atoms with van der Waals surface area (Å²) in [7, 11) is 0. The van der Waals surface area contributed by atoms with Gasteiger partial charge in [0, 0.05) is 12.5 Å². The smallest absolute Gasteiger partial charge is 0.223 e. The average molecular weight is 461 g/mol. The third-order valence-electron chi connectivity index (χ3n) is 5.97. The molecule has 0 aliphatic heterocycles. The molecule has 4 unspecified atom stereocenters. The predicted octanol–water partition coefficient (Wildman–Crippen LogP) is 2.07. The average Bonchev–Trinajstić information content (AvgIpc) is 2.85. The Hall–Kier alpha value is -2.03. The second-order valence-corrected chi connectivity index (χ2v) is 8.58. The zero-order valence-electron chi connectivity index (χ0n) is 19.6. The summed E-state index contributed by atoms with van der Waals surface area (Å²) in [6.45, 7) is 2.63. The zero-order valence-corrected chi connectivity index (χ0v) is 19.6. The van der Waals surface area contributed by atoms with Crippen molar-refractivity contribution in [3.05, 3.63) is 60.2 Å². The summed E-state index contributed by atoms with van der Waals surface area (Å²) in [4.78, 5) is 12.4. The Morgan fingerprint density at radius 3 is 2.45 bits per heavy atom. The molecule has 1 aliphatic rings. The molecule has 4 atom stereocenters. The minimum Gasteiger partial charge on any atom is -0.394 e. The second kappa shape index (κ2) is 15.7. The number of allylic oxidation sites excluding steroid dienone is 1. The van der Waals surface area contributed by atoms with Crippen molar-refractivity contribution in [2.45, 2.75) is 69.9 Å². The number of carbonyl (C=O) groups excluding carboxylic acids is 1. The van der Waals surface area contributed by atoms with E-state index in [-0.39, 0.29) is 37.7 Å². The first-order valence-electron chi connectivity index (χ1n) is 12.0. The summed E-state index contributed by atoms with van der Waals surface area (Å²) in [5.41, 5.74) is 1.11. The van der Waals surface area contributed by atoms with Gasteiger partial charge in [0.25, 0.3) is 0 Å². The van der Waals surface area contributed by atoms with Crippen LogP contribution in [0.3, 0.4) is 0 Å². The van der Waals surface area contributed by atoms with E-state index in [0.717, 1.165) is 37.7 Å². The van der Waals surface area contributed by atoms with Crippen molar-refractivity contribution in [2.75, 3.05) is 19.8 Å². The van der Waals surface area contributed by atoms with Crippen LogP contribution in [0.1, 0.15) is 44.6 Å². The number of rotatable bonds is 14. The third kappa shape index (κ3) is 10.2. The number of carbonyl (C=O) groups is 1. The van der Waals surface area contributed by atoms with Crippen LogP contribution in [-0.2, 0) is 16.1 Å². The quantitative estimate of drug-likeness (QED) is 0.215. The molecule has 1 amide bonds. The van der Waals surface area contributed by atoms with Gasteiger partial charge in [-0.05, 0) is 25.3 Å². The lowest BCUT2D eigenvalue weighted by Crippen LogP contribution is -2.47. The number of aliphatic hydroxyl groups excluding tert-OH is 3. The van der Waals surface area contributed by atoms with Crippen molar-refractivity contribution < 1.29 is 24.9 Å². The molecule has 7 heteroatoms. The molecule has 1 saturated carbocycles. The van der Waals surface area contributed by atoms with Crippen LogP contribution < -0.4 is 10.6 Å². The molecule has 1 aromatic carbocycles. The van der Waals surface area contributed by atoms with Crippen molar-refractivity contribution in [2.24, 2.45) is 5.92 Å². The number of hydrogen-bond donors (Lipinski definition) is 5. The summed E-state index contributed by atoms with van der Waals surface area (Å²) >= 11 is 0. The van der Waals surface area contributed by atoms with Crippen LogP contribution in [0.5, 0.6) is 0 Å². The molecule has 0 bridgehead atoms. The van der Waals surface area contributed by atoms with Gasteiger partial charge in [0.1, 0.15) is 0 Å². The molecule has 2 rings (SSSR count). The fourth-order valence-electron chi connectivity index (χ4n) is 3.95. The zero-order chi connectivity index (χ0) is 23.9. The van der Waals surface area contributed by atoms with Crippen molar-refractivity contribution in [1.29, 1.82) is 0 Å². The van der Waals surface area contributed by atoms with E-state index in [2.05, 4.69) is 10.6 Å². The van der Waals surface area contributed by atoms with Gasteiger partial charge in [0.05, 0.1) is 44.1 Å². The highest BCUT2D eigenvalue weighted by Crippen LogP contribution is 2.23. The molecule has 0 saturated heterocycles. The molecule has 0 radical (unpaired) electrons. The SMILES string of the molecule is CC=CC(O)C(COCC=CC(O)C(CO)NC(=O)C1CCCCC1)NCc1ccccc1. The summed E-state index contributed by atoms with van der Waals surface area (Å²) in [6, 6.07) is 8.90. The van der Waals surface area contributed by atoms with Gasteiger partial charge < -0.3 is 30.7 Å². The van der Waals surface area contributed by atoms with E-state index >= 15 is 0 Å². The molecule has 1 fully saturated rings. The lowest BCUT2D eigenvalue weighted by molar-refractivity contribution is -0.127.